The third-order valence-corrected chi connectivity index (χ3v) is 2.61. The van der Waals surface area contributed by atoms with Crippen molar-refractivity contribution in [2.75, 3.05) is 13.1 Å². The second-order valence-electron chi connectivity index (χ2n) is 3.48. The van der Waals surface area contributed by atoms with E-state index < -0.39 is 17.7 Å². The number of aromatic nitrogens is 1. The molecule has 2 heterocycles. The molecule has 17 heavy (non-hydrogen) atoms. The molecular weight excluding hydrogens is 290 g/mol. The van der Waals surface area contributed by atoms with Crippen LogP contribution in [0.5, 0.6) is 0 Å². The fourth-order valence-electron chi connectivity index (χ4n) is 1.47. The van der Waals surface area contributed by atoms with Crippen LogP contribution in [0.3, 0.4) is 0 Å². The highest BCUT2D eigenvalue weighted by atomic mass is 79.9. The topological polar surface area (TPSA) is 79.4 Å². The maximum atomic E-state index is 12.0. The van der Waals surface area contributed by atoms with Crippen molar-refractivity contribution in [1.29, 1.82) is 0 Å². The Morgan fingerprint density at radius 1 is 1.29 bits per heavy atom. The van der Waals surface area contributed by atoms with E-state index in [0.717, 1.165) is 4.90 Å². The highest BCUT2D eigenvalue weighted by Crippen LogP contribution is 2.09. The summed E-state index contributed by atoms with van der Waals surface area (Å²) in [6, 6.07) is 4.88. The van der Waals surface area contributed by atoms with Crippen molar-refractivity contribution in [3.63, 3.8) is 0 Å². The normalized spacial score (nSPS) is 15.7. The number of carbonyl (C=O) groups is 3. The van der Waals surface area contributed by atoms with Gasteiger partial charge in [-0.05, 0) is 28.1 Å². The third kappa shape index (κ3) is 2.68. The summed E-state index contributed by atoms with van der Waals surface area (Å²) in [4.78, 5) is 39.4. The molecule has 1 aliphatic rings. The van der Waals surface area contributed by atoms with Gasteiger partial charge in [0.05, 0.1) is 0 Å². The monoisotopic (exact) mass is 297 g/mol. The van der Waals surface area contributed by atoms with Crippen LogP contribution in [-0.2, 0) is 9.59 Å². The Morgan fingerprint density at radius 2 is 1.94 bits per heavy atom. The average molecular weight is 298 g/mol. The Bertz CT molecular complexity index is 487. The van der Waals surface area contributed by atoms with Gasteiger partial charge in [0.2, 0.25) is 11.8 Å². The Morgan fingerprint density at radius 3 is 2.53 bits per heavy atom. The first kappa shape index (κ1) is 11.7. The Labute approximate surface area is 105 Å². The van der Waals surface area contributed by atoms with Crippen LogP contribution in [0.15, 0.2) is 22.8 Å². The SMILES string of the molecule is O=C1CN(C(=O)c2cccc(Br)n2)CC(=O)N1. The molecule has 0 unspecified atom stereocenters. The second kappa shape index (κ2) is 4.62. The van der Waals surface area contributed by atoms with E-state index in [-0.39, 0.29) is 18.8 Å². The lowest BCUT2D eigenvalue weighted by atomic mass is 10.2. The highest BCUT2D eigenvalue weighted by Gasteiger charge is 2.27. The van der Waals surface area contributed by atoms with Crippen LogP contribution in [0.1, 0.15) is 10.5 Å². The van der Waals surface area contributed by atoms with E-state index in [1.54, 1.807) is 12.1 Å². The van der Waals surface area contributed by atoms with Crippen LogP contribution >= 0.6 is 15.9 Å². The van der Waals surface area contributed by atoms with Gasteiger partial charge in [0.25, 0.3) is 5.91 Å². The average Bonchev–Trinajstić information content (AvgIpc) is 2.26. The first-order valence-electron chi connectivity index (χ1n) is 4.81. The van der Waals surface area contributed by atoms with E-state index in [4.69, 9.17) is 0 Å². The van der Waals surface area contributed by atoms with Crippen molar-refractivity contribution in [1.82, 2.24) is 15.2 Å². The van der Waals surface area contributed by atoms with Gasteiger partial charge in [0, 0.05) is 0 Å². The minimum atomic E-state index is -0.482. The van der Waals surface area contributed by atoms with Gasteiger partial charge in [-0.1, -0.05) is 6.07 Å². The summed E-state index contributed by atoms with van der Waals surface area (Å²) in [7, 11) is 0. The van der Waals surface area contributed by atoms with E-state index >= 15 is 0 Å². The van der Waals surface area contributed by atoms with Crippen LogP contribution in [0, 0.1) is 0 Å². The molecule has 0 aromatic carbocycles. The van der Waals surface area contributed by atoms with Crippen LogP contribution in [0.4, 0.5) is 0 Å². The smallest absolute Gasteiger partial charge is 0.273 e. The predicted molar refractivity (Wildman–Crippen MR) is 61.0 cm³/mol. The van der Waals surface area contributed by atoms with Gasteiger partial charge in [0.15, 0.2) is 0 Å². The minimum absolute atomic E-state index is 0.126. The number of piperazine rings is 1. The molecule has 1 aliphatic heterocycles. The zero-order chi connectivity index (χ0) is 12.4. The van der Waals surface area contributed by atoms with Gasteiger partial charge in [0.1, 0.15) is 23.4 Å². The van der Waals surface area contributed by atoms with Gasteiger partial charge in [-0.3, -0.25) is 19.7 Å². The van der Waals surface area contributed by atoms with Gasteiger partial charge < -0.3 is 4.90 Å². The zero-order valence-corrected chi connectivity index (χ0v) is 10.2. The Kier molecular flexibility index (Phi) is 3.19. The van der Waals surface area contributed by atoms with E-state index in [9.17, 15) is 14.4 Å². The molecule has 0 saturated carbocycles. The number of pyridine rings is 1. The van der Waals surface area contributed by atoms with Gasteiger partial charge in [-0.2, -0.15) is 0 Å². The van der Waals surface area contributed by atoms with E-state index in [1.807, 2.05) is 0 Å². The number of nitrogens with zero attached hydrogens (tertiary/aromatic N) is 2. The number of nitrogens with one attached hydrogen (secondary N) is 1. The summed E-state index contributed by atoms with van der Waals surface area (Å²) < 4.78 is 0.524. The van der Waals surface area contributed by atoms with Crippen molar-refractivity contribution in [2.24, 2.45) is 0 Å². The summed E-state index contributed by atoms with van der Waals surface area (Å²) >= 11 is 3.15. The number of rotatable bonds is 1. The summed E-state index contributed by atoms with van der Waals surface area (Å²) in [6.45, 7) is -0.252. The molecule has 1 aromatic rings. The van der Waals surface area contributed by atoms with E-state index in [2.05, 4.69) is 26.2 Å². The van der Waals surface area contributed by atoms with E-state index in [0.29, 0.717) is 4.60 Å². The molecule has 0 aliphatic carbocycles. The molecule has 3 amide bonds. The quantitative estimate of drug-likeness (QED) is 0.582. The minimum Gasteiger partial charge on any atom is -0.319 e. The standard InChI is InChI=1S/C10H8BrN3O3/c11-7-3-1-2-6(12-7)10(17)14-4-8(15)13-9(16)5-14/h1-3H,4-5H2,(H,13,15,16). The van der Waals surface area contributed by atoms with Crippen LogP contribution < -0.4 is 5.32 Å². The third-order valence-electron chi connectivity index (χ3n) is 2.17. The molecule has 0 bridgehead atoms. The summed E-state index contributed by atoms with van der Waals surface area (Å²) in [6.07, 6.45) is 0. The van der Waals surface area contributed by atoms with Crippen molar-refractivity contribution in [3.8, 4) is 0 Å². The van der Waals surface area contributed by atoms with Crippen molar-refractivity contribution in [2.45, 2.75) is 0 Å². The first-order chi connectivity index (χ1) is 8.06. The highest BCUT2D eigenvalue weighted by molar-refractivity contribution is 9.10. The van der Waals surface area contributed by atoms with Gasteiger partial charge in [-0.15, -0.1) is 0 Å². The summed E-state index contributed by atoms with van der Waals surface area (Å²) in [5.41, 5.74) is 0.196. The number of imide groups is 1. The molecule has 1 N–H and O–H groups in total. The molecule has 1 aromatic heterocycles. The number of amides is 3. The largest absolute Gasteiger partial charge is 0.319 e. The molecule has 1 fully saturated rings. The molecule has 6 nitrogen and oxygen atoms in total. The molecule has 1 saturated heterocycles. The molecular formula is C10H8BrN3O3. The maximum absolute atomic E-state index is 12.0. The molecule has 2 rings (SSSR count). The Balaban J connectivity index is 2.20. The number of hydrogen-bond donors (Lipinski definition) is 1. The lowest BCUT2D eigenvalue weighted by molar-refractivity contribution is -0.135. The molecule has 0 atom stereocenters. The summed E-state index contributed by atoms with van der Waals surface area (Å²) in [5.74, 6) is -1.40. The van der Waals surface area contributed by atoms with Crippen LogP contribution in [0.2, 0.25) is 0 Å². The molecule has 88 valence electrons. The van der Waals surface area contributed by atoms with Crippen molar-refractivity contribution < 1.29 is 14.4 Å². The fraction of sp³-hybridized carbons (Fsp3) is 0.200. The van der Waals surface area contributed by atoms with Crippen LogP contribution in [-0.4, -0.2) is 40.7 Å². The lowest BCUT2D eigenvalue weighted by Gasteiger charge is -2.24. The molecule has 0 radical (unpaired) electrons. The van der Waals surface area contributed by atoms with Crippen LogP contribution in [0.25, 0.3) is 0 Å². The zero-order valence-electron chi connectivity index (χ0n) is 8.64. The van der Waals surface area contributed by atoms with Crippen molar-refractivity contribution >= 4 is 33.7 Å². The second-order valence-corrected chi connectivity index (χ2v) is 4.29. The number of hydrogen-bond acceptors (Lipinski definition) is 4. The fourth-order valence-corrected chi connectivity index (χ4v) is 1.81. The molecule has 0 spiro atoms. The number of carbonyl (C=O) groups excluding carboxylic acids is 3. The number of halogens is 1. The van der Waals surface area contributed by atoms with Gasteiger partial charge >= 0.3 is 0 Å². The van der Waals surface area contributed by atoms with E-state index in [1.165, 1.54) is 6.07 Å². The summed E-state index contributed by atoms with van der Waals surface area (Å²) in [5, 5.41) is 2.13. The molecule has 7 heteroatoms. The lowest BCUT2D eigenvalue weighted by Crippen LogP contribution is -2.53. The maximum Gasteiger partial charge on any atom is 0.273 e. The Hall–Kier alpha value is -1.76. The first-order valence-corrected chi connectivity index (χ1v) is 5.60. The van der Waals surface area contributed by atoms with Gasteiger partial charge in [-0.25, -0.2) is 4.98 Å². The van der Waals surface area contributed by atoms with Crippen molar-refractivity contribution in [3.05, 3.63) is 28.5 Å². The predicted octanol–water partition coefficient (Wildman–Crippen LogP) is -0.0573.